The minimum atomic E-state index is -0.636. The van der Waals surface area contributed by atoms with Crippen molar-refractivity contribution in [1.29, 1.82) is 0 Å². The summed E-state index contributed by atoms with van der Waals surface area (Å²) in [6.07, 6.45) is 0.394. The average Bonchev–Trinajstić information content (AvgIpc) is 2.78. The standard InChI is InChI=1S/C26H34N2O5/c1-26(2,3)33-25(30)28-15-14-21(16-24(28)29)27(17-19-6-10-22(31-4)11-7-19)18-20-8-12-23(32-5)13-9-20/h6-13,21H,14-18H2,1-5H3. The van der Waals surface area contributed by atoms with Crippen LogP contribution in [0.25, 0.3) is 0 Å². The average molecular weight is 455 g/mol. The van der Waals surface area contributed by atoms with Crippen molar-refractivity contribution in [2.75, 3.05) is 20.8 Å². The molecule has 1 saturated heterocycles. The fourth-order valence-electron chi connectivity index (χ4n) is 3.88. The molecule has 1 atom stereocenters. The van der Waals surface area contributed by atoms with E-state index >= 15 is 0 Å². The van der Waals surface area contributed by atoms with Gasteiger partial charge in [-0.15, -0.1) is 0 Å². The summed E-state index contributed by atoms with van der Waals surface area (Å²) < 4.78 is 15.9. The van der Waals surface area contributed by atoms with Crippen molar-refractivity contribution < 1.29 is 23.8 Å². The first-order valence-electron chi connectivity index (χ1n) is 11.2. The van der Waals surface area contributed by atoms with Crippen LogP contribution in [-0.4, -0.2) is 54.2 Å². The first-order chi connectivity index (χ1) is 15.7. The third-order valence-electron chi connectivity index (χ3n) is 5.62. The van der Waals surface area contributed by atoms with E-state index in [4.69, 9.17) is 14.2 Å². The summed E-state index contributed by atoms with van der Waals surface area (Å²) in [5, 5.41) is 0. The second-order valence-electron chi connectivity index (χ2n) is 9.27. The summed E-state index contributed by atoms with van der Waals surface area (Å²) in [5.41, 5.74) is 1.63. The Balaban J connectivity index is 1.75. The van der Waals surface area contributed by atoms with Crippen molar-refractivity contribution in [1.82, 2.24) is 9.80 Å². The molecule has 1 aliphatic heterocycles. The number of nitrogens with zero attached hydrogens (tertiary/aromatic N) is 2. The first-order valence-corrected chi connectivity index (χ1v) is 11.2. The van der Waals surface area contributed by atoms with Gasteiger partial charge in [-0.2, -0.15) is 0 Å². The van der Waals surface area contributed by atoms with Crippen LogP contribution in [0.15, 0.2) is 48.5 Å². The zero-order chi connectivity index (χ0) is 24.0. The van der Waals surface area contributed by atoms with E-state index < -0.39 is 11.7 Å². The zero-order valence-electron chi connectivity index (χ0n) is 20.2. The van der Waals surface area contributed by atoms with Crippen LogP contribution in [0.3, 0.4) is 0 Å². The highest BCUT2D eigenvalue weighted by atomic mass is 16.6. The van der Waals surface area contributed by atoms with Crippen LogP contribution in [0.1, 0.15) is 44.7 Å². The van der Waals surface area contributed by atoms with Gasteiger partial charge in [-0.25, -0.2) is 9.69 Å². The van der Waals surface area contributed by atoms with E-state index in [1.54, 1.807) is 35.0 Å². The lowest BCUT2D eigenvalue weighted by molar-refractivity contribution is -0.134. The molecular weight excluding hydrogens is 420 g/mol. The van der Waals surface area contributed by atoms with Gasteiger partial charge in [0.05, 0.1) is 14.2 Å². The number of ether oxygens (including phenoxy) is 3. The molecule has 0 saturated carbocycles. The molecule has 3 rings (SSSR count). The van der Waals surface area contributed by atoms with Crippen molar-refractivity contribution in [3.8, 4) is 11.5 Å². The monoisotopic (exact) mass is 454 g/mol. The predicted molar refractivity (Wildman–Crippen MR) is 126 cm³/mol. The highest BCUT2D eigenvalue weighted by molar-refractivity contribution is 5.93. The summed E-state index contributed by atoms with van der Waals surface area (Å²) >= 11 is 0. The number of hydrogen-bond donors (Lipinski definition) is 0. The lowest BCUT2D eigenvalue weighted by Crippen LogP contribution is -2.50. The molecule has 178 valence electrons. The molecule has 0 spiro atoms. The number of benzene rings is 2. The molecule has 33 heavy (non-hydrogen) atoms. The third kappa shape index (κ3) is 6.96. The maximum Gasteiger partial charge on any atom is 0.417 e. The third-order valence-corrected chi connectivity index (χ3v) is 5.62. The highest BCUT2D eigenvalue weighted by Crippen LogP contribution is 2.25. The van der Waals surface area contributed by atoms with Crippen LogP contribution in [-0.2, 0) is 22.6 Å². The largest absolute Gasteiger partial charge is 0.497 e. The molecule has 2 aromatic carbocycles. The lowest BCUT2D eigenvalue weighted by atomic mass is 10.0. The Hall–Kier alpha value is -3.06. The van der Waals surface area contributed by atoms with Crippen LogP contribution >= 0.6 is 0 Å². The van der Waals surface area contributed by atoms with E-state index in [9.17, 15) is 9.59 Å². The first kappa shape index (κ1) is 24.6. The van der Waals surface area contributed by atoms with Gasteiger partial charge in [0.2, 0.25) is 5.91 Å². The minimum Gasteiger partial charge on any atom is -0.497 e. The number of carbonyl (C=O) groups is 2. The minimum absolute atomic E-state index is 0.0143. The summed E-state index contributed by atoms with van der Waals surface area (Å²) in [6, 6.07) is 15.9. The second-order valence-corrected chi connectivity index (χ2v) is 9.27. The van der Waals surface area contributed by atoms with Gasteiger partial charge in [-0.1, -0.05) is 24.3 Å². The Kier molecular flexibility index (Phi) is 7.97. The van der Waals surface area contributed by atoms with Crippen molar-refractivity contribution in [3.05, 3.63) is 59.7 Å². The Bertz CT molecular complexity index is 885. The van der Waals surface area contributed by atoms with E-state index in [1.807, 2.05) is 48.5 Å². The van der Waals surface area contributed by atoms with Gasteiger partial charge >= 0.3 is 6.09 Å². The molecule has 1 unspecified atom stereocenters. The maximum atomic E-state index is 12.9. The Morgan fingerprint density at radius 2 is 1.42 bits per heavy atom. The Labute approximate surface area is 196 Å². The maximum absolute atomic E-state index is 12.9. The van der Waals surface area contributed by atoms with Gasteiger partial charge in [-0.05, 0) is 62.6 Å². The van der Waals surface area contributed by atoms with Crippen LogP contribution in [0.5, 0.6) is 11.5 Å². The number of imide groups is 1. The normalized spacial score (nSPS) is 16.6. The SMILES string of the molecule is COc1ccc(CN(Cc2ccc(OC)cc2)C2CCN(C(=O)OC(C)(C)C)C(=O)C2)cc1. The number of carbonyl (C=O) groups excluding carboxylic acids is 2. The number of piperidine rings is 1. The number of likely N-dealkylation sites (tertiary alicyclic amines) is 1. The molecule has 2 amide bonds. The molecule has 0 radical (unpaired) electrons. The number of rotatable bonds is 7. The summed E-state index contributed by atoms with van der Waals surface area (Å²) in [5.74, 6) is 1.41. The number of methoxy groups -OCH3 is 2. The summed E-state index contributed by atoms with van der Waals surface area (Å²) in [4.78, 5) is 28.9. The summed E-state index contributed by atoms with van der Waals surface area (Å²) in [6.45, 7) is 7.11. The van der Waals surface area contributed by atoms with Gasteiger partial charge in [-0.3, -0.25) is 9.69 Å². The van der Waals surface area contributed by atoms with E-state index in [1.165, 1.54) is 4.90 Å². The molecule has 0 aliphatic carbocycles. The van der Waals surface area contributed by atoms with Crippen molar-refractivity contribution in [2.24, 2.45) is 0 Å². The van der Waals surface area contributed by atoms with Crippen molar-refractivity contribution in [3.63, 3.8) is 0 Å². The van der Waals surface area contributed by atoms with Gasteiger partial charge in [0.1, 0.15) is 17.1 Å². The quantitative estimate of drug-likeness (QED) is 0.608. The van der Waals surface area contributed by atoms with Crippen LogP contribution < -0.4 is 9.47 Å². The van der Waals surface area contributed by atoms with E-state index in [-0.39, 0.29) is 18.4 Å². The zero-order valence-corrected chi connectivity index (χ0v) is 20.2. The van der Waals surface area contributed by atoms with E-state index in [0.29, 0.717) is 26.1 Å². The lowest BCUT2D eigenvalue weighted by Gasteiger charge is -2.38. The van der Waals surface area contributed by atoms with Crippen LogP contribution in [0.2, 0.25) is 0 Å². The van der Waals surface area contributed by atoms with Gasteiger partial charge in [0.15, 0.2) is 0 Å². The molecule has 7 heteroatoms. The molecule has 0 aromatic heterocycles. The van der Waals surface area contributed by atoms with Crippen LogP contribution in [0, 0.1) is 0 Å². The molecule has 0 bridgehead atoms. The van der Waals surface area contributed by atoms with Crippen molar-refractivity contribution >= 4 is 12.0 Å². The fourth-order valence-corrected chi connectivity index (χ4v) is 3.88. The Morgan fingerprint density at radius 3 is 1.82 bits per heavy atom. The molecule has 1 aliphatic rings. The highest BCUT2D eigenvalue weighted by Gasteiger charge is 2.35. The van der Waals surface area contributed by atoms with Crippen molar-refractivity contribution in [2.45, 2.75) is 58.3 Å². The molecule has 0 N–H and O–H groups in total. The summed E-state index contributed by atoms with van der Waals surface area (Å²) in [7, 11) is 3.30. The molecular formula is C26H34N2O5. The molecule has 7 nitrogen and oxygen atoms in total. The number of hydrogen-bond acceptors (Lipinski definition) is 6. The van der Waals surface area contributed by atoms with Crippen LogP contribution in [0.4, 0.5) is 4.79 Å². The number of amides is 2. The van der Waals surface area contributed by atoms with Gasteiger partial charge in [0, 0.05) is 32.1 Å². The smallest absolute Gasteiger partial charge is 0.417 e. The second kappa shape index (κ2) is 10.7. The Morgan fingerprint density at radius 1 is 0.939 bits per heavy atom. The molecule has 2 aromatic rings. The van der Waals surface area contributed by atoms with E-state index in [2.05, 4.69) is 4.90 Å². The molecule has 1 heterocycles. The topological polar surface area (TPSA) is 68.3 Å². The van der Waals surface area contributed by atoms with E-state index in [0.717, 1.165) is 22.6 Å². The predicted octanol–water partition coefficient (Wildman–Crippen LogP) is 4.63. The van der Waals surface area contributed by atoms with Gasteiger partial charge < -0.3 is 14.2 Å². The fraction of sp³-hybridized carbons (Fsp3) is 0.462. The molecule has 1 fully saturated rings. The van der Waals surface area contributed by atoms with Gasteiger partial charge in [0.25, 0.3) is 0 Å².